The lowest BCUT2D eigenvalue weighted by Gasteiger charge is -2.40. The van der Waals surface area contributed by atoms with E-state index < -0.39 is 0 Å². The molecule has 0 radical (unpaired) electrons. The van der Waals surface area contributed by atoms with Crippen molar-refractivity contribution >= 4 is 28.5 Å². The summed E-state index contributed by atoms with van der Waals surface area (Å²) in [5.74, 6) is 0.309. The van der Waals surface area contributed by atoms with Gasteiger partial charge in [-0.15, -0.1) is 0 Å². The molecule has 0 bridgehead atoms. The summed E-state index contributed by atoms with van der Waals surface area (Å²) in [6, 6.07) is 0. The Morgan fingerprint density at radius 2 is 1.84 bits per heavy atom. The van der Waals surface area contributed by atoms with Crippen molar-refractivity contribution in [2.24, 2.45) is 5.41 Å². The van der Waals surface area contributed by atoms with Gasteiger partial charge in [0.25, 0.3) is 0 Å². The molecule has 0 aromatic carbocycles. The molecular formula is C15H28INO2. The van der Waals surface area contributed by atoms with Gasteiger partial charge in [-0.3, -0.25) is 4.79 Å². The second-order valence-electron chi connectivity index (χ2n) is 6.52. The van der Waals surface area contributed by atoms with Crippen molar-refractivity contribution in [2.45, 2.75) is 62.9 Å². The van der Waals surface area contributed by atoms with Gasteiger partial charge in [-0.25, -0.2) is 0 Å². The maximum atomic E-state index is 12.8. The van der Waals surface area contributed by atoms with Gasteiger partial charge >= 0.3 is 0 Å². The maximum Gasteiger partial charge on any atom is 0.228 e. The highest BCUT2D eigenvalue weighted by Gasteiger charge is 2.40. The van der Waals surface area contributed by atoms with Crippen LogP contribution in [0.2, 0.25) is 0 Å². The third-order valence-corrected chi connectivity index (χ3v) is 5.62. The molecule has 1 saturated heterocycles. The lowest BCUT2D eigenvalue weighted by molar-refractivity contribution is -0.146. The van der Waals surface area contributed by atoms with E-state index in [1.54, 1.807) is 7.11 Å². The zero-order chi connectivity index (χ0) is 14.7. The van der Waals surface area contributed by atoms with Crippen LogP contribution in [-0.4, -0.2) is 40.5 Å². The van der Waals surface area contributed by atoms with Gasteiger partial charge in [-0.1, -0.05) is 36.4 Å². The topological polar surface area (TPSA) is 29.5 Å². The van der Waals surface area contributed by atoms with Crippen LogP contribution >= 0.6 is 22.6 Å². The van der Waals surface area contributed by atoms with Gasteiger partial charge in [0, 0.05) is 29.5 Å². The Balaban J connectivity index is 2.75. The van der Waals surface area contributed by atoms with Gasteiger partial charge in [0.1, 0.15) is 0 Å². The zero-order valence-corrected chi connectivity index (χ0v) is 15.1. The lowest BCUT2D eigenvalue weighted by Crippen LogP contribution is -2.48. The summed E-state index contributed by atoms with van der Waals surface area (Å²) < 4.78 is 6.24. The molecule has 0 aromatic heterocycles. The smallest absolute Gasteiger partial charge is 0.228 e. The number of carbonyl (C=O) groups is 1. The number of nitrogens with zero attached hydrogens (tertiary/aromatic N) is 1. The number of alkyl halides is 1. The first-order chi connectivity index (χ1) is 8.74. The Hall–Kier alpha value is 0.160. The van der Waals surface area contributed by atoms with Crippen molar-refractivity contribution in [3.8, 4) is 0 Å². The molecule has 1 amide bonds. The lowest BCUT2D eigenvalue weighted by atomic mass is 9.76. The van der Waals surface area contributed by atoms with E-state index in [1.807, 2.05) is 0 Å². The number of rotatable bonds is 5. The van der Waals surface area contributed by atoms with E-state index in [1.165, 1.54) is 0 Å². The van der Waals surface area contributed by atoms with Crippen molar-refractivity contribution in [1.82, 2.24) is 4.90 Å². The van der Waals surface area contributed by atoms with Gasteiger partial charge in [0.05, 0.1) is 5.60 Å². The molecule has 0 saturated carbocycles. The molecule has 1 rings (SSSR count). The van der Waals surface area contributed by atoms with E-state index in [2.05, 4.69) is 55.2 Å². The summed E-state index contributed by atoms with van der Waals surface area (Å²) in [4.78, 5) is 14.9. The highest BCUT2D eigenvalue weighted by Crippen LogP contribution is 2.36. The molecule has 1 aliphatic heterocycles. The van der Waals surface area contributed by atoms with E-state index in [0.29, 0.717) is 5.91 Å². The summed E-state index contributed by atoms with van der Waals surface area (Å²) in [5.41, 5.74) is -0.556. The first kappa shape index (κ1) is 17.2. The fraction of sp³-hybridized carbons (Fsp3) is 0.933. The Kier molecular flexibility index (Phi) is 6.11. The number of piperidine rings is 1. The van der Waals surface area contributed by atoms with Gasteiger partial charge in [-0.2, -0.15) is 0 Å². The van der Waals surface area contributed by atoms with Gasteiger partial charge in [0.2, 0.25) is 5.91 Å². The summed E-state index contributed by atoms with van der Waals surface area (Å²) in [7, 11) is 1.72. The average molecular weight is 381 g/mol. The standard InChI is InChI=1S/C15H28INO2/c1-6-15(4,11-14(2,3)19-5)13(18)17-9-7-12(16)8-10-17/h12H,6-11H2,1-5H3. The predicted molar refractivity (Wildman–Crippen MR) is 87.7 cm³/mol. The van der Waals surface area contributed by atoms with Crippen molar-refractivity contribution < 1.29 is 9.53 Å². The van der Waals surface area contributed by atoms with Gasteiger partial charge < -0.3 is 9.64 Å². The van der Waals surface area contributed by atoms with Crippen LogP contribution in [0.15, 0.2) is 0 Å². The maximum absolute atomic E-state index is 12.8. The molecule has 0 spiro atoms. The van der Waals surface area contributed by atoms with Crippen LogP contribution in [0.5, 0.6) is 0 Å². The summed E-state index contributed by atoms with van der Waals surface area (Å²) >= 11 is 2.49. The number of amides is 1. The van der Waals surface area contributed by atoms with Crippen molar-refractivity contribution in [1.29, 1.82) is 0 Å². The molecule has 0 aliphatic carbocycles. The van der Waals surface area contributed by atoms with Crippen LogP contribution in [0.1, 0.15) is 53.4 Å². The van der Waals surface area contributed by atoms with Crippen molar-refractivity contribution in [3.05, 3.63) is 0 Å². The molecule has 0 N–H and O–H groups in total. The Morgan fingerprint density at radius 1 is 1.32 bits per heavy atom. The fourth-order valence-electron chi connectivity index (χ4n) is 2.80. The third-order valence-electron chi connectivity index (χ3n) is 4.38. The summed E-state index contributed by atoms with van der Waals surface area (Å²) in [6.45, 7) is 10.1. The highest BCUT2D eigenvalue weighted by atomic mass is 127. The Bertz CT molecular complexity index is 311. The van der Waals surface area contributed by atoms with E-state index in [-0.39, 0.29) is 11.0 Å². The van der Waals surface area contributed by atoms with Crippen LogP contribution in [0, 0.1) is 5.41 Å². The molecule has 19 heavy (non-hydrogen) atoms. The minimum Gasteiger partial charge on any atom is -0.379 e. The Labute approximate surface area is 131 Å². The van der Waals surface area contributed by atoms with Crippen LogP contribution in [0.3, 0.4) is 0 Å². The molecule has 4 heteroatoms. The molecular weight excluding hydrogens is 353 g/mol. The minimum absolute atomic E-state index is 0.248. The van der Waals surface area contributed by atoms with Gasteiger partial charge in [0.15, 0.2) is 0 Å². The molecule has 112 valence electrons. The van der Waals surface area contributed by atoms with Crippen LogP contribution < -0.4 is 0 Å². The molecule has 1 atom stereocenters. The van der Waals surface area contributed by atoms with E-state index in [4.69, 9.17) is 4.74 Å². The minimum atomic E-state index is -0.308. The molecule has 1 heterocycles. The fourth-order valence-corrected chi connectivity index (χ4v) is 3.35. The van der Waals surface area contributed by atoms with E-state index in [0.717, 1.165) is 42.7 Å². The zero-order valence-electron chi connectivity index (χ0n) is 13.0. The largest absolute Gasteiger partial charge is 0.379 e. The van der Waals surface area contributed by atoms with Gasteiger partial charge in [-0.05, 0) is 39.5 Å². The summed E-state index contributed by atoms with van der Waals surface area (Å²) in [6.07, 6.45) is 3.89. The van der Waals surface area contributed by atoms with Crippen LogP contribution in [0.25, 0.3) is 0 Å². The number of hydrogen-bond acceptors (Lipinski definition) is 2. The van der Waals surface area contributed by atoms with Crippen molar-refractivity contribution in [3.63, 3.8) is 0 Å². The van der Waals surface area contributed by atoms with E-state index >= 15 is 0 Å². The first-order valence-corrected chi connectivity index (χ1v) is 8.47. The highest BCUT2D eigenvalue weighted by molar-refractivity contribution is 14.1. The summed E-state index contributed by atoms with van der Waals surface area (Å²) in [5, 5.41) is 0. The molecule has 0 aromatic rings. The number of carbonyl (C=O) groups excluding carboxylic acids is 1. The normalized spacial score (nSPS) is 21.3. The molecule has 1 aliphatic rings. The first-order valence-electron chi connectivity index (χ1n) is 7.23. The molecule has 1 fully saturated rings. The quantitative estimate of drug-likeness (QED) is 0.538. The van der Waals surface area contributed by atoms with Crippen LogP contribution in [0.4, 0.5) is 0 Å². The van der Waals surface area contributed by atoms with E-state index in [9.17, 15) is 4.79 Å². The second-order valence-corrected chi connectivity index (χ2v) is 8.28. The Morgan fingerprint density at radius 3 is 2.26 bits per heavy atom. The molecule has 1 unspecified atom stereocenters. The number of halogens is 1. The number of likely N-dealkylation sites (tertiary alicyclic amines) is 1. The molecule has 3 nitrogen and oxygen atoms in total. The average Bonchev–Trinajstić information content (AvgIpc) is 2.38. The van der Waals surface area contributed by atoms with Crippen LogP contribution in [-0.2, 0) is 9.53 Å². The number of hydrogen-bond donors (Lipinski definition) is 0. The predicted octanol–water partition coefficient (Wildman–Crippen LogP) is 3.64. The number of methoxy groups -OCH3 is 1. The second kappa shape index (κ2) is 6.74. The number of ether oxygens (including phenoxy) is 1. The van der Waals surface area contributed by atoms with Crippen molar-refractivity contribution in [2.75, 3.05) is 20.2 Å². The monoisotopic (exact) mass is 381 g/mol. The SMILES string of the molecule is CCC(C)(CC(C)(C)OC)C(=O)N1CCC(I)CC1. The third kappa shape index (κ3) is 4.59.